The number of nitrogens with one attached hydrogen (secondary N) is 1. The fourth-order valence-electron chi connectivity index (χ4n) is 1.44. The van der Waals surface area contributed by atoms with Crippen LogP contribution in [0.3, 0.4) is 0 Å². The van der Waals surface area contributed by atoms with E-state index in [9.17, 15) is 10.1 Å². The number of benzene rings is 2. The minimum Gasteiger partial charge on any atom is -0.293 e. The second kappa shape index (κ2) is 5.86. The van der Waals surface area contributed by atoms with Crippen molar-refractivity contribution in [2.45, 2.75) is 4.90 Å². The Hall–Kier alpha value is -1.85. The van der Waals surface area contributed by atoms with Gasteiger partial charge in [-0.2, -0.15) is 0 Å². The molecule has 96 valence electrons. The van der Waals surface area contributed by atoms with E-state index in [2.05, 4.69) is 0 Å². The number of nitrogens with zero attached hydrogens (tertiary/aromatic N) is 1. The van der Waals surface area contributed by atoms with Crippen LogP contribution in [0.15, 0.2) is 53.4 Å². The van der Waals surface area contributed by atoms with Crippen LogP contribution in [0.4, 0.5) is 5.69 Å². The molecule has 0 saturated carbocycles. The summed E-state index contributed by atoms with van der Waals surface area (Å²) in [7, 11) is 0. The third-order valence-electron chi connectivity index (χ3n) is 2.35. The van der Waals surface area contributed by atoms with Gasteiger partial charge < -0.3 is 0 Å². The second-order valence-electron chi connectivity index (χ2n) is 3.69. The van der Waals surface area contributed by atoms with Gasteiger partial charge in [-0.05, 0) is 24.3 Å². The van der Waals surface area contributed by atoms with Crippen LogP contribution in [-0.2, 0) is 0 Å². The molecule has 0 aliphatic rings. The highest BCUT2D eigenvalue weighted by atomic mass is 35.5. The van der Waals surface area contributed by atoms with E-state index in [0.717, 1.165) is 4.90 Å². The van der Waals surface area contributed by atoms with Gasteiger partial charge in [-0.1, -0.05) is 35.5 Å². The predicted octanol–water partition coefficient (Wildman–Crippen LogP) is 4.37. The van der Waals surface area contributed by atoms with Crippen molar-refractivity contribution in [2.24, 2.45) is 0 Å². The molecule has 0 atom stereocenters. The zero-order chi connectivity index (χ0) is 13.8. The highest BCUT2D eigenvalue weighted by molar-refractivity contribution is 8.14. The van der Waals surface area contributed by atoms with Gasteiger partial charge in [-0.15, -0.1) is 0 Å². The maximum atomic E-state index is 10.7. The number of nitro groups is 1. The van der Waals surface area contributed by atoms with Gasteiger partial charge >= 0.3 is 0 Å². The van der Waals surface area contributed by atoms with Gasteiger partial charge in [0.2, 0.25) is 0 Å². The third kappa shape index (κ3) is 3.56. The minimum absolute atomic E-state index is 0.0149. The first kappa shape index (κ1) is 13.6. The number of thioether (sulfide) groups is 1. The summed E-state index contributed by atoms with van der Waals surface area (Å²) in [5, 5.41) is 19.5. The summed E-state index contributed by atoms with van der Waals surface area (Å²) >= 11 is 7.01. The molecule has 0 spiro atoms. The Bertz CT molecular complexity index is 629. The summed E-state index contributed by atoms with van der Waals surface area (Å²) in [6.45, 7) is 0. The van der Waals surface area contributed by atoms with E-state index in [1.54, 1.807) is 36.4 Å². The largest absolute Gasteiger partial charge is 0.293 e. The van der Waals surface area contributed by atoms with Crippen LogP contribution in [0.1, 0.15) is 5.56 Å². The number of hydrogen-bond donors (Lipinski definition) is 1. The van der Waals surface area contributed by atoms with Gasteiger partial charge in [0.15, 0.2) is 0 Å². The van der Waals surface area contributed by atoms with Gasteiger partial charge in [0, 0.05) is 27.6 Å². The molecule has 0 aliphatic carbocycles. The molecule has 0 aromatic heterocycles. The van der Waals surface area contributed by atoms with E-state index in [0.29, 0.717) is 10.6 Å². The third-order valence-corrected chi connectivity index (χ3v) is 3.55. The van der Waals surface area contributed by atoms with Crippen molar-refractivity contribution >= 4 is 34.1 Å². The van der Waals surface area contributed by atoms with Gasteiger partial charge in [-0.3, -0.25) is 15.5 Å². The molecule has 0 radical (unpaired) electrons. The molecular formula is C13H9ClN2O2S. The molecule has 0 fully saturated rings. The predicted molar refractivity (Wildman–Crippen MR) is 77.2 cm³/mol. The normalized spacial score (nSPS) is 10.2. The van der Waals surface area contributed by atoms with E-state index in [-0.39, 0.29) is 10.7 Å². The summed E-state index contributed by atoms with van der Waals surface area (Å²) in [5.74, 6) is 0. The van der Waals surface area contributed by atoms with Crippen molar-refractivity contribution in [3.8, 4) is 0 Å². The molecule has 0 amide bonds. The molecule has 2 aromatic rings. The number of halogens is 1. The van der Waals surface area contributed by atoms with Gasteiger partial charge in [0.05, 0.1) is 9.97 Å². The van der Waals surface area contributed by atoms with Crippen LogP contribution in [0.5, 0.6) is 0 Å². The van der Waals surface area contributed by atoms with E-state index >= 15 is 0 Å². The molecule has 0 saturated heterocycles. The monoisotopic (exact) mass is 292 g/mol. The molecule has 1 N–H and O–H groups in total. The van der Waals surface area contributed by atoms with Gasteiger partial charge in [0.1, 0.15) is 0 Å². The van der Waals surface area contributed by atoms with Crippen molar-refractivity contribution < 1.29 is 4.92 Å². The average molecular weight is 293 g/mol. The molecular weight excluding hydrogens is 284 g/mol. The summed E-state index contributed by atoms with van der Waals surface area (Å²) in [6.07, 6.45) is 0. The number of non-ortho nitro benzene ring substituents is 1. The Balaban J connectivity index is 2.18. The Kier molecular flexibility index (Phi) is 4.19. The summed E-state index contributed by atoms with van der Waals surface area (Å²) in [5.41, 5.74) is 0.508. The lowest BCUT2D eigenvalue weighted by molar-refractivity contribution is -0.384. The Morgan fingerprint density at radius 2 is 1.89 bits per heavy atom. The molecule has 0 unspecified atom stereocenters. The van der Waals surface area contributed by atoms with Crippen LogP contribution < -0.4 is 0 Å². The molecule has 6 heteroatoms. The smallest absolute Gasteiger partial charge is 0.270 e. The van der Waals surface area contributed by atoms with Crippen molar-refractivity contribution in [2.75, 3.05) is 0 Å². The molecule has 0 heterocycles. The van der Waals surface area contributed by atoms with E-state index < -0.39 is 4.92 Å². The Morgan fingerprint density at radius 1 is 1.21 bits per heavy atom. The zero-order valence-electron chi connectivity index (χ0n) is 9.67. The van der Waals surface area contributed by atoms with Crippen LogP contribution >= 0.6 is 23.4 Å². The standard InChI is InChI=1S/C13H9ClN2O2S/c14-10-4-6-12(7-5-10)19-13(15)9-2-1-3-11(8-9)16(17)18/h1-8,15H. The second-order valence-corrected chi connectivity index (χ2v) is 5.21. The summed E-state index contributed by atoms with van der Waals surface area (Å²) < 4.78 is 0. The topological polar surface area (TPSA) is 67.0 Å². The quantitative estimate of drug-likeness (QED) is 0.300. The van der Waals surface area contributed by atoms with E-state index in [1.807, 2.05) is 0 Å². The van der Waals surface area contributed by atoms with Crippen molar-refractivity contribution in [3.63, 3.8) is 0 Å². The molecule has 4 nitrogen and oxygen atoms in total. The van der Waals surface area contributed by atoms with Crippen LogP contribution in [0.25, 0.3) is 0 Å². The number of rotatable bonds is 3. The highest BCUT2D eigenvalue weighted by Gasteiger charge is 2.10. The van der Waals surface area contributed by atoms with Crippen LogP contribution in [0, 0.1) is 15.5 Å². The fraction of sp³-hybridized carbons (Fsp3) is 0. The van der Waals surface area contributed by atoms with E-state index in [4.69, 9.17) is 17.0 Å². The first-order valence-electron chi connectivity index (χ1n) is 5.33. The summed E-state index contributed by atoms with van der Waals surface area (Å²) in [6, 6.07) is 13.1. The lowest BCUT2D eigenvalue weighted by atomic mass is 10.2. The molecule has 0 aliphatic heterocycles. The molecule has 2 aromatic carbocycles. The van der Waals surface area contributed by atoms with E-state index in [1.165, 1.54) is 23.9 Å². The first-order valence-corrected chi connectivity index (χ1v) is 6.52. The zero-order valence-corrected chi connectivity index (χ0v) is 11.2. The van der Waals surface area contributed by atoms with Crippen LogP contribution in [-0.4, -0.2) is 9.97 Å². The Morgan fingerprint density at radius 3 is 2.53 bits per heavy atom. The van der Waals surface area contributed by atoms with Gasteiger partial charge in [0.25, 0.3) is 5.69 Å². The molecule has 19 heavy (non-hydrogen) atoms. The van der Waals surface area contributed by atoms with Crippen molar-refractivity contribution in [1.82, 2.24) is 0 Å². The SMILES string of the molecule is N=C(Sc1ccc(Cl)cc1)c1cccc([N+](=O)[O-])c1. The van der Waals surface area contributed by atoms with Crippen LogP contribution in [0.2, 0.25) is 5.02 Å². The lowest BCUT2D eigenvalue weighted by Gasteiger charge is -2.04. The maximum Gasteiger partial charge on any atom is 0.270 e. The van der Waals surface area contributed by atoms with Gasteiger partial charge in [-0.25, -0.2) is 0 Å². The molecule has 2 rings (SSSR count). The fourth-order valence-corrected chi connectivity index (χ4v) is 2.32. The average Bonchev–Trinajstić information content (AvgIpc) is 2.41. The summed E-state index contributed by atoms with van der Waals surface area (Å²) in [4.78, 5) is 11.1. The first-order chi connectivity index (χ1) is 9.06. The Labute approximate surface area is 119 Å². The minimum atomic E-state index is -0.469. The highest BCUT2D eigenvalue weighted by Crippen LogP contribution is 2.25. The molecule has 0 bridgehead atoms. The number of hydrogen-bond acceptors (Lipinski definition) is 4. The van der Waals surface area contributed by atoms with Crippen molar-refractivity contribution in [1.29, 1.82) is 5.41 Å². The number of nitro benzene ring substituents is 1. The maximum absolute atomic E-state index is 10.7. The van der Waals surface area contributed by atoms with Crippen molar-refractivity contribution in [3.05, 3.63) is 69.2 Å². The lowest BCUT2D eigenvalue weighted by Crippen LogP contribution is -1.95.